The van der Waals surface area contributed by atoms with E-state index in [4.69, 9.17) is 81.3 Å². The summed E-state index contributed by atoms with van der Waals surface area (Å²) in [7, 11) is 0. The topological polar surface area (TPSA) is 194 Å². The minimum atomic E-state index is 0.351. The molecule has 5 aromatic heterocycles. The molecule has 19 nitrogen and oxygen atoms in total. The van der Waals surface area contributed by atoms with Crippen molar-refractivity contribution >= 4 is 21.8 Å². The van der Waals surface area contributed by atoms with Crippen LogP contribution in [-0.2, 0) is 28.4 Å². The highest BCUT2D eigenvalue weighted by molar-refractivity contribution is 6.04. The Hall–Kier alpha value is -9.47. The van der Waals surface area contributed by atoms with Gasteiger partial charge in [-0.25, -0.2) is 24.9 Å². The lowest BCUT2D eigenvalue weighted by atomic mass is 10.0. The average Bonchev–Trinajstić information content (AvgIpc) is 0.799. The van der Waals surface area contributed by atoms with Crippen LogP contribution < -0.4 is 37.9 Å². The standard InChI is InChI=1S/C76H81N5O14/c1-56-4-3-34-88-65-21-23-66(24-22-65)91-50-44-84-38-36-82-42-48-89-63-17-9-57(10-18-63)71-29-13-59-7-8-60-14-30-72(81-76(60)75(59)80-71)58-11-19-64(20-12-58)90-49-43-83-37-39-85-45-51-92-67-25-27-68(28-26-67)93-52-46-86-40-41-87-47-53-95-74-32-16-62(55-78-74)70-6-2-5-69(79-70)61-15-31-73(77-54-61)94-35-33-56/h2,5-32,54-56H,3-4,33-53H2,1H3/t56-/m0/s1. The number of ether oxygens (including phenoxy) is 14. The van der Waals surface area contributed by atoms with Gasteiger partial charge in [-0.3, -0.25) is 0 Å². The molecule has 8 aliphatic rings. The lowest BCUT2D eigenvalue weighted by Crippen LogP contribution is -2.14. The first-order valence-corrected chi connectivity index (χ1v) is 32.5. The van der Waals surface area contributed by atoms with Gasteiger partial charge in [0.1, 0.15) is 74.1 Å². The average molecular weight is 1290 g/mol. The molecule has 18 rings (SSSR count). The Labute approximate surface area is 554 Å². The third-order valence-corrected chi connectivity index (χ3v) is 15.3. The molecule has 0 amide bonds. The van der Waals surface area contributed by atoms with E-state index in [1.165, 1.54) is 0 Å². The molecule has 0 N–H and O–H groups in total. The van der Waals surface area contributed by atoms with Crippen molar-refractivity contribution in [3.63, 3.8) is 0 Å². The zero-order valence-electron chi connectivity index (χ0n) is 53.7. The summed E-state index contributed by atoms with van der Waals surface area (Å²) in [6.07, 6.45) is 6.41. The predicted octanol–water partition coefficient (Wildman–Crippen LogP) is 13.7. The molecular formula is C76H81N5O14. The van der Waals surface area contributed by atoms with Gasteiger partial charge >= 0.3 is 0 Å². The van der Waals surface area contributed by atoms with Crippen LogP contribution in [0.2, 0.25) is 0 Å². The van der Waals surface area contributed by atoms with Crippen molar-refractivity contribution in [2.75, 3.05) is 132 Å². The van der Waals surface area contributed by atoms with Gasteiger partial charge in [-0.2, -0.15) is 0 Å². The maximum atomic E-state index is 6.03. The van der Waals surface area contributed by atoms with Crippen molar-refractivity contribution < 1.29 is 66.3 Å². The third kappa shape index (κ3) is 21.5. The molecule has 0 fully saturated rings. The molecule has 10 aromatic rings. The molecule has 1 atom stereocenters. The van der Waals surface area contributed by atoms with Gasteiger partial charge in [0.25, 0.3) is 0 Å². The monoisotopic (exact) mass is 1290 g/mol. The van der Waals surface area contributed by atoms with E-state index in [2.05, 4.69) is 41.2 Å². The second-order valence-electron chi connectivity index (χ2n) is 22.3. The normalized spacial score (nSPS) is 16.7. The van der Waals surface area contributed by atoms with Crippen LogP contribution in [0.25, 0.3) is 66.8 Å². The van der Waals surface area contributed by atoms with E-state index in [0.29, 0.717) is 150 Å². The van der Waals surface area contributed by atoms with Crippen molar-refractivity contribution in [2.24, 2.45) is 5.92 Å². The van der Waals surface area contributed by atoms with Crippen molar-refractivity contribution in [1.82, 2.24) is 24.9 Å². The van der Waals surface area contributed by atoms with Crippen LogP contribution in [0.5, 0.6) is 46.3 Å². The fourth-order valence-corrected chi connectivity index (χ4v) is 10.2. The van der Waals surface area contributed by atoms with Gasteiger partial charge in [0.05, 0.1) is 126 Å². The fourth-order valence-electron chi connectivity index (χ4n) is 10.2. The Balaban J connectivity index is 0.613. The van der Waals surface area contributed by atoms with E-state index >= 15 is 0 Å². The molecule has 494 valence electrons. The van der Waals surface area contributed by atoms with Crippen LogP contribution in [0, 0.1) is 5.92 Å². The predicted molar refractivity (Wildman–Crippen MR) is 363 cm³/mol. The fraction of sp³-hybridized carbons (Fsp3) is 0.329. The first-order valence-electron chi connectivity index (χ1n) is 32.5. The molecule has 5 aromatic carbocycles. The molecule has 95 heavy (non-hydrogen) atoms. The molecule has 0 aliphatic carbocycles. The second kappa shape index (κ2) is 36.8. The highest BCUT2D eigenvalue weighted by Gasteiger charge is 2.13. The first kappa shape index (κ1) is 67.0. The first-order chi connectivity index (χ1) is 47.0. The van der Waals surface area contributed by atoms with Gasteiger partial charge in [-0.05, 0) is 159 Å². The van der Waals surface area contributed by atoms with Gasteiger partial charge in [0.15, 0.2) is 0 Å². The molecule has 0 saturated carbocycles. The van der Waals surface area contributed by atoms with Crippen LogP contribution in [0.1, 0.15) is 26.2 Å². The molecule has 13 heterocycles. The summed E-state index contributed by atoms with van der Waals surface area (Å²) in [5.74, 6) is 6.05. The SMILES string of the molecule is C[C@H]1CCCOc2ccc(cc2)OCCOCCOCCOc2ccc(cc2)-c2ccc3ccc4ccc(nc4c3n2)-c2ccc(cc2)OCCOCCOCCOc2ccc(cc2)OCCOCCOCCOc2ccc(cn2)-c2cccc(n2)-c2ccc(nc2)OCC1. The summed E-state index contributed by atoms with van der Waals surface area (Å²) >= 11 is 0. The lowest BCUT2D eigenvalue weighted by Gasteiger charge is -2.13. The van der Waals surface area contributed by atoms with Gasteiger partial charge in [-0.15, -0.1) is 0 Å². The van der Waals surface area contributed by atoms with Gasteiger partial charge in [0.2, 0.25) is 11.8 Å². The Morgan fingerprint density at radius 1 is 0.263 bits per heavy atom. The van der Waals surface area contributed by atoms with Crippen LogP contribution in [0.3, 0.4) is 0 Å². The molecule has 19 heteroatoms. The van der Waals surface area contributed by atoms with Crippen LogP contribution in [0.15, 0.2) is 188 Å². The van der Waals surface area contributed by atoms with Gasteiger partial charge in [0, 0.05) is 57.6 Å². The molecular weight excluding hydrogens is 1210 g/mol. The smallest absolute Gasteiger partial charge is 0.213 e. The third-order valence-electron chi connectivity index (χ3n) is 15.3. The van der Waals surface area contributed by atoms with Crippen molar-refractivity contribution in [3.05, 3.63) is 188 Å². The van der Waals surface area contributed by atoms with E-state index in [-0.39, 0.29) is 0 Å². The number of fused-ring (bicyclic) bond motifs is 4. The summed E-state index contributed by atoms with van der Waals surface area (Å²) in [5.41, 5.74) is 8.65. The van der Waals surface area contributed by atoms with Crippen molar-refractivity contribution in [2.45, 2.75) is 26.2 Å². The number of nitrogens with zero attached hydrogens (tertiary/aromatic N) is 5. The van der Waals surface area contributed by atoms with Crippen LogP contribution in [0.4, 0.5) is 0 Å². The maximum Gasteiger partial charge on any atom is 0.213 e. The zero-order chi connectivity index (χ0) is 64.7. The second-order valence-corrected chi connectivity index (χ2v) is 22.3. The molecule has 18 bridgehead atoms. The van der Waals surface area contributed by atoms with E-state index in [1.54, 1.807) is 12.4 Å². The van der Waals surface area contributed by atoms with Gasteiger partial charge < -0.3 is 66.3 Å². The largest absolute Gasteiger partial charge is 0.494 e. The van der Waals surface area contributed by atoms with Crippen molar-refractivity contribution in [1.29, 1.82) is 0 Å². The Bertz CT molecular complexity index is 3870. The number of hydrogen-bond donors (Lipinski definition) is 0. The van der Waals surface area contributed by atoms with E-state index in [1.807, 2.05) is 152 Å². The number of aromatic nitrogens is 5. The summed E-state index contributed by atoms with van der Waals surface area (Å²) < 4.78 is 81.8. The molecule has 0 spiro atoms. The molecule has 0 radical (unpaired) electrons. The summed E-state index contributed by atoms with van der Waals surface area (Å²) in [6, 6.07) is 57.0. The van der Waals surface area contributed by atoms with E-state index in [9.17, 15) is 0 Å². The number of rotatable bonds is 0. The number of pyridine rings is 5. The quantitative estimate of drug-likeness (QED) is 0.130. The molecule has 8 aliphatic heterocycles. The number of hydrogen-bond acceptors (Lipinski definition) is 19. The Kier molecular flexibility index (Phi) is 26.0. The van der Waals surface area contributed by atoms with Crippen LogP contribution in [-0.4, -0.2) is 157 Å². The van der Waals surface area contributed by atoms with Gasteiger partial charge in [-0.1, -0.05) is 37.3 Å². The zero-order valence-corrected chi connectivity index (χ0v) is 53.7. The van der Waals surface area contributed by atoms with Crippen molar-refractivity contribution in [3.8, 4) is 91.3 Å². The highest BCUT2D eigenvalue weighted by Crippen LogP contribution is 2.31. The minimum Gasteiger partial charge on any atom is -0.494 e. The molecule has 0 saturated heterocycles. The molecule has 0 unspecified atom stereocenters. The number of benzene rings is 5. The van der Waals surface area contributed by atoms with E-state index < -0.39 is 0 Å². The van der Waals surface area contributed by atoms with E-state index in [0.717, 1.165) is 121 Å². The summed E-state index contributed by atoms with van der Waals surface area (Å²) in [6.45, 7) is 11.0. The lowest BCUT2D eigenvalue weighted by molar-refractivity contribution is 0.0268. The highest BCUT2D eigenvalue weighted by atomic mass is 16.6. The Morgan fingerprint density at radius 3 is 0.937 bits per heavy atom. The summed E-state index contributed by atoms with van der Waals surface area (Å²) in [4.78, 5) is 24.2. The minimum absolute atomic E-state index is 0.351. The Morgan fingerprint density at radius 2 is 0.568 bits per heavy atom. The van der Waals surface area contributed by atoms with Crippen LogP contribution >= 0.6 is 0 Å². The maximum absolute atomic E-state index is 6.03. The summed E-state index contributed by atoms with van der Waals surface area (Å²) in [5, 5.41) is 2.02.